The van der Waals surface area contributed by atoms with Crippen molar-refractivity contribution in [3.63, 3.8) is 0 Å². The second-order valence-electron chi connectivity index (χ2n) is 5.59. The Morgan fingerprint density at radius 1 is 0.680 bits per heavy atom. The van der Waals surface area contributed by atoms with Crippen LogP contribution in [0.4, 0.5) is 13.2 Å². The summed E-state index contributed by atoms with van der Waals surface area (Å²) in [7, 11) is 0. The maximum Gasteiger partial charge on any atom is 0.416 e. The Kier molecular flexibility index (Phi) is 4.98. The molecular weight excluding hydrogens is 324 g/mol. The molecule has 4 heteroatoms. The number of aliphatic imine (C=N–C) groups is 1. The van der Waals surface area contributed by atoms with E-state index in [-0.39, 0.29) is 0 Å². The van der Waals surface area contributed by atoms with Gasteiger partial charge < -0.3 is 0 Å². The maximum absolute atomic E-state index is 12.6. The van der Waals surface area contributed by atoms with Gasteiger partial charge in [0.2, 0.25) is 0 Å². The normalized spacial score (nSPS) is 11.2. The van der Waals surface area contributed by atoms with Crippen LogP contribution in [-0.2, 0) is 12.7 Å². The van der Waals surface area contributed by atoms with Gasteiger partial charge in [-0.1, -0.05) is 72.8 Å². The van der Waals surface area contributed by atoms with Crippen LogP contribution in [0.3, 0.4) is 0 Å². The fraction of sp³-hybridized carbons (Fsp3) is 0.0952. The molecule has 0 heterocycles. The van der Waals surface area contributed by atoms with Crippen LogP contribution in [0.15, 0.2) is 89.9 Å². The summed E-state index contributed by atoms with van der Waals surface area (Å²) in [6.07, 6.45) is -4.32. The molecular formula is C21H16F3N. The molecule has 0 N–H and O–H groups in total. The number of nitrogens with zero attached hydrogens (tertiary/aromatic N) is 1. The molecule has 3 aromatic rings. The van der Waals surface area contributed by atoms with E-state index in [9.17, 15) is 13.2 Å². The molecule has 0 saturated heterocycles. The average molecular weight is 340 g/mol. The minimum atomic E-state index is -4.32. The van der Waals surface area contributed by atoms with E-state index in [1.807, 2.05) is 60.7 Å². The SMILES string of the molecule is FC(F)(F)c1ccc(C[15N]=C(c2ccccc2)c2ccccc2)cc1. The van der Waals surface area contributed by atoms with E-state index < -0.39 is 11.7 Å². The molecule has 0 spiro atoms. The molecule has 0 saturated carbocycles. The molecule has 0 radical (unpaired) electrons. The number of hydrogen-bond donors (Lipinski definition) is 0. The highest BCUT2D eigenvalue weighted by Gasteiger charge is 2.29. The maximum atomic E-state index is 12.6. The third-order valence-electron chi connectivity index (χ3n) is 3.80. The Morgan fingerprint density at radius 2 is 1.16 bits per heavy atom. The van der Waals surface area contributed by atoms with Crippen molar-refractivity contribution in [2.75, 3.05) is 0 Å². The zero-order chi connectivity index (χ0) is 17.7. The molecule has 0 unspecified atom stereocenters. The first kappa shape index (κ1) is 17.0. The quantitative estimate of drug-likeness (QED) is 0.424. The molecule has 0 aliphatic carbocycles. The fourth-order valence-corrected chi connectivity index (χ4v) is 2.51. The third-order valence-corrected chi connectivity index (χ3v) is 3.80. The zero-order valence-electron chi connectivity index (χ0n) is 13.4. The monoisotopic (exact) mass is 340 g/mol. The van der Waals surface area contributed by atoms with E-state index in [1.165, 1.54) is 12.1 Å². The highest BCUT2D eigenvalue weighted by molar-refractivity contribution is 6.12. The van der Waals surface area contributed by atoms with E-state index in [1.54, 1.807) is 0 Å². The number of benzene rings is 3. The van der Waals surface area contributed by atoms with Gasteiger partial charge in [0.15, 0.2) is 0 Å². The van der Waals surface area contributed by atoms with Crippen molar-refractivity contribution in [2.45, 2.75) is 12.7 Å². The fourth-order valence-electron chi connectivity index (χ4n) is 2.51. The van der Waals surface area contributed by atoms with Crippen molar-refractivity contribution < 1.29 is 13.2 Å². The van der Waals surface area contributed by atoms with Gasteiger partial charge >= 0.3 is 6.18 Å². The highest BCUT2D eigenvalue weighted by atomic mass is 19.4. The van der Waals surface area contributed by atoms with Crippen molar-refractivity contribution in [1.29, 1.82) is 0 Å². The average Bonchev–Trinajstić information content (AvgIpc) is 2.63. The van der Waals surface area contributed by atoms with Gasteiger partial charge in [0.05, 0.1) is 17.8 Å². The smallest absolute Gasteiger partial charge is 0.279 e. The van der Waals surface area contributed by atoms with Crippen LogP contribution >= 0.6 is 0 Å². The number of halogens is 3. The van der Waals surface area contributed by atoms with Crippen LogP contribution < -0.4 is 0 Å². The summed E-state index contributed by atoms with van der Waals surface area (Å²) in [4.78, 5) is 4.66. The van der Waals surface area contributed by atoms with Gasteiger partial charge in [-0.15, -0.1) is 0 Å². The van der Waals surface area contributed by atoms with Gasteiger partial charge in [-0.2, -0.15) is 13.2 Å². The Morgan fingerprint density at radius 3 is 1.60 bits per heavy atom. The second kappa shape index (κ2) is 7.34. The second-order valence-corrected chi connectivity index (χ2v) is 5.59. The molecule has 0 bridgehead atoms. The van der Waals surface area contributed by atoms with Gasteiger partial charge in [-0.05, 0) is 17.7 Å². The molecule has 3 rings (SSSR count). The summed E-state index contributed by atoms with van der Waals surface area (Å²) in [5.74, 6) is 0. The van der Waals surface area contributed by atoms with Gasteiger partial charge in [0.1, 0.15) is 0 Å². The first-order chi connectivity index (χ1) is 12.0. The predicted octanol–water partition coefficient (Wildman–Crippen LogP) is 5.74. The standard InChI is InChI=1S/C21H16F3N/c22-21(23,24)19-13-11-16(12-14-19)15-25-20(17-7-3-1-4-8-17)18-9-5-2-6-10-18/h1-14H,15H2/i25+1. The molecule has 0 aliphatic heterocycles. The lowest BCUT2D eigenvalue weighted by atomic mass is 10.0. The largest absolute Gasteiger partial charge is 0.416 e. The van der Waals surface area contributed by atoms with E-state index in [0.29, 0.717) is 6.54 Å². The molecule has 0 atom stereocenters. The summed E-state index contributed by atoms with van der Waals surface area (Å²) >= 11 is 0. The van der Waals surface area contributed by atoms with Crippen molar-refractivity contribution >= 4 is 5.71 Å². The van der Waals surface area contributed by atoms with Gasteiger partial charge in [0.25, 0.3) is 0 Å². The summed E-state index contributed by atoms with van der Waals surface area (Å²) in [5.41, 5.74) is 2.85. The third kappa shape index (κ3) is 4.35. The topological polar surface area (TPSA) is 12.4 Å². The van der Waals surface area contributed by atoms with Crippen LogP contribution in [0.2, 0.25) is 0 Å². The van der Waals surface area contributed by atoms with E-state index >= 15 is 0 Å². The molecule has 0 fully saturated rings. The lowest BCUT2D eigenvalue weighted by Crippen LogP contribution is -2.05. The Bertz CT molecular complexity index is 794. The minimum Gasteiger partial charge on any atom is -0.279 e. The van der Waals surface area contributed by atoms with Crippen LogP contribution in [-0.4, -0.2) is 5.71 Å². The summed E-state index contributed by atoms with van der Waals surface area (Å²) in [6.45, 7) is 0.317. The summed E-state index contributed by atoms with van der Waals surface area (Å²) < 4.78 is 37.9. The van der Waals surface area contributed by atoms with Crippen LogP contribution in [0.25, 0.3) is 0 Å². The summed E-state index contributed by atoms with van der Waals surface area (Å²) in [5, 5.41) is 0. The van der Waals surface area contributed by atoms with Crippen LogP contribution in [0.1, 0.15) is 22.3 Å². The Balaban J connectivity index is 1.89. The van der Waals surface area contributed by atoms with Crippen LogP contribution in [0.5, 0.6) is 0 Å². The van der Waals surface area contributed by atoms with Crippen LogP contribution in [0, 0.1) is 0 Å². The zero-order valence-corrected chi connectivity index (χ0v) is 13.4. The molecule has 3 aromatic carbocycles. The van der Waals surface area contributed by atoms with Crippen molar-refractivity contribution in [1.82, 2.24) is 0 Å². The van der Waals surface area contributed by atoms with Gasteiger partial charge in [-0.3, -0.25) is 4.99 Å². The van der Waals surface area contributed by atoms with Crippen molar-refractivity contribution in [3.8, 4) is 0 Å². The molecule has 0 amide bonds. The van der Waals surface area contributed by atoms with Crippen molar-refractivity contribution in [2.24, 2.45) is 4.99 Å². The van der Waals surface area contributed by atoms with Crippen molar-refractivity contribution in [3.05, 3.63) is 107 Å². The van der Waals surface area contributed by atoms with Gasteiger partial charge in [0, 0.05) is 11.1 Å². The first-order valence-electron chi connectivity index (χ1n) is 7.85. The number of hydrogen-bond acceptors (Lipinski definition) is 1. The lowest BCUT2D eigenvalue weighted by molar-refractivity contribution is -0.137. The van der Waals surface area contributed by atoms with E-state index in [2.05, 4.69) is 4.99 Å². The van der Waals surface area contributed by atoms with E-state index in [0.717, 1.165) is 34.5 Å². The molecule has 0 aliphatic rings. The highest BCUT2D eigenvalue weighted by Crippen LogP contribution is 2.29. The first-order valence-corrected chi connectivity index (χ1v) is 7.85. The Labute approximate surface area is 144 Å². The number of rotatable bonds is 4. The molecule has 126 valence electrons. The molecule has 25 heavy (non-hydrogen) atoms. The lowest BCUT2D eigenvalue weighted by Gasteiger charge is -2.09. The van der Waals surface area contributed by atoms with E-state index in [4.69, 9.17) is 0 Å². The summed E-state index contributed by atoms with van der Waals surface area (Å²) in [6, 6.07) is 24.6. The van der Waals surface area contributed by atoms with Gasteiger partial charge in [-0.25, -0.2) is 0 Å². The predicted molar refractivity (Wildman–Crippen MR) is 93.7 cm³/mol. The molecule has 0 aromatic heterocycles. The molecule has 1 nitrogen and oxygen atoms in total. The Hall–Kier alpha value is -2.88. The minimum absolute atomic E-state index is 0.317. The number of alkyl halides is 3.